The lowest BCUT2D eigenvalue weighted by Crippen LogP contribution is -2.14. The highest BCUT2D eigenvalue weighted by Crippen LogP contribution is 2.15. The first-order chi connectivity index (χ1) is 9.43. The molecule has 0 aliphatic heterocycles. The third-order valence-corrected chi connectivity index (χ3v) is 2.19. The normalized spacial score (nSPS) is 10.1. The van der Waals surface area contributed by atoms with E-state index in [-0.39, 0.29) is 18.3 Å². The molecule has 0 aromatic carbocycles. The highest BCUT2D eigenvalue weighted by atomic mass is 19.3. The van der Waals surface area contributed by atoms with Crippen LogP contribution in [-0.2, 0) is 4.74 Å². The van der Waals surface area contributed by atoms with E-state index in [2.05, 4.69) is 10.3 Å². The number of anilines is 1. The van der Waals surface area contributed by atoms with Crippen LogP contribution in [0.3, 0.4) is 0 Å². The molecule has 0 saturated carbocycles. The zero-order valence-electron chi connectivity index (χ0n) is 11.1. The van der Waals surface area contributed by atoms with E-state index in [0.29, 0.717) is 17.3 Å². The SMILES string of the molecule is CC(C)OC(=O)c1cc(NCC=C(F)F)c(C=N)cn1. The smallest absolute Gasteiger partial charge is 0.357 e. The molecule has 0 aliphatic rings. The van der Waals surface area contributed by atoms with E-state index < -0.39 is 12.0 Å². The molecule has 5 nitrogen and oxygen atoms in total. The number of hydrogen-bond acceptors (Lipinski definition) is 5. The molecule has 0 unspecified atom stereocenters. The molecular formula is C13H15F2N3O2. The van der Waals surface area contributed by atoms with E-state index in [0.717, 1.165) is 6.21 Å². The summed E-state index contributed by atoms with van der Waals surface area (Å²) in [4.78, 5) is 15.6. The lowest BCUT2D eigenvalue weighted by molar-refractivity contribution is 0.0371. The van der Waals surface area contributed by atoms with E-state index >= 15 is 0 Å². The quantitative estimate of drug-likeness (QED) is 0.622. The number of halogens is 2. The number of aromatic nitrogens is 1. The maximum Gasteiger partial charge on any atom is 0.357 e. The second-order valence-electron chi connectivity index (χ2n) is 4.13. The minimum Gasteiger partial charge on any atom is -0.458 e. The largest absolute Gasteiger partial charge is 0.458 e. The molecule has 1 aromatic heterocycles. The van der Waals surface area contributed by atoms with Gasteiger partial charge in [-0.25, -0.2) is 9.78 Å². The van der Waals surface area contributed by atoms with Crippen LogP contribution in [0.1, 0.15) is 29.9 Å². The minimum absolute atomic E-state index is 0.0523. The van der Waals surface area contributed by atoms with Crippen molar-refractivity contribution in [2.75, 3.05) is 11.9 Å². The van der Waals surface area contributed by atoms with Gasteiger partial charge in [0.25, 0.3) is 6.08 Å². The molecule has 0 bridgehead atoms. The first-order valence-corrected chi connectivity index (χ1v) is 5.90. The lowest BCUT2D eigenvalue weighted by atomic mass is 10.2. The summed E-state index contributed by atoms with van der Waals surface area (Å²) >= 11 is 0. The van der Waals surface area contributed by atoms with Crippen molar-refractivity contribution in [3.8, 4) is 0 Å². The topological polar surface area (TPSA) is 75.1 Å². The Bertz CT molecular complexity index is 526. The molecule has 2 N–H and O–H groups in total. The predicted octanol–water partition coefficient (Wildman–Crippen LogP) is 2.84. The number of esters is 1. The van der Waals surface area contributed by atoms with E-state index in [1.807, 2.05) is 0 Å². The zero-order chi connectivity index (χ0) is 15.1. The first kappa shape index (κ1) is 15.7. The van der Waals surface area contributed by atoms with Crippen molar-refractivity contribution in [3.05, 3.63) is 35.7 Å². The highest BCUT2D eigenvalue weighted by Gasteiger charge is 2.13. The van der Waals surface area contributed by atoms with Crippen LogP contribution in [0, 0.1) is 5.41 Å². The van der Waals surface area contributed by atoms with Crippen LogP contribution in [0.15, 0.2) is 24.4 Å². The van der Waals surface area contributed by atoms with Gasteiger partial charge in [-0.3, -0.25) is 0 Å². The summed E-state index contributed by atoms with van der Waals surface area (Å²) in [5.74, 6) is -0.605. The number of ether oxygens (including phenoxy) is 1. The van der Waals surface area contributed by atoms with Gasteiger partial charge in [-0.05, 0) is 19.9 Å². The van der Waals surface area contributed by atoms with Gasteiger partial charge in [0.05, 0.1) is 6.10 Å². The standard InChI is InChI=1S/C13H15F2N3O2/c1-8(2)20-13(19)11-5-10(9(6-16)7-18-11)17-4-3-12(14)15/h3,5-8,16H,4H2,1-2H3,(H,17,18). The van der Waals surface area contributed by atoms with Gasteiger partial charge < -0.3 is 15.5 Å². The van der Waals surface area contributed by atoms with Crippen LogP contribution in [0.5, 0.6) is 0 Å². The number of carbonyl (C=O) groups excluding carboxylic acids is 1. The summed E-state index contributed by atoms with van der Waals surface area (Å²) in [6.45, 7) is 3.29. The van der Waals surface area contributed by atoms with Crippen LogP contribution in [0.4, 0.5) is 14.5 Å². The number of nitrogens with one attached hydrogen (secondary N) is 2. The number of hydrogen-bond donors (Lipinski definition) is 2. The zero-order valence-corrected chi connectivity index (χ0v) is 11.1. The summed E-state index contributed by atoms with van der Waals surface area (Å²) in [6.07, 6.45) is 0.929. The molecule has 0 fully saturated rings. The fourth-order valence-electron chi connectivity index (χ4n) is 1.36. The molecule has 0 radical (unpaired) electrons. The molecule has 1 heterocycles. The molecule has 1 rings (SSSR count). The van der Waals surface area contributed by atoms with Gasteiger partial charge in [0.15, 0.2) is 0 Å². The average molecular weight is 283 g/mol. The number of carbonyl (C=O) groups is 1. The van der Waals surface area contributed by atoms with Crippen molar-refractivity contribution < 1.29 is 18.3 Å². The third-order valence-electron chi connectivity index (χ3n) is 2.19. The summed E-state index contributed by atoms with van der Waals surface area (Å²) in [5.41, 5.74) is 0.804. The van der Waals surface area contributed by atoms with Crippen LogP contribution in [-0.4, -0.2) is 29.8 Å². The Balaban J connectivity index is 2.93. The lowest BCUT2D eigenvalue weighted by Gasteiger charge is -2.10. The fraction of sp³-hybridized carbons (Fsp3) is 0.308. The van der Waals surface area contributed by atoms with Gasteiger partial charge in [-0.2, -0.15) is 8.78 Å². The Morgan fingerprint density at radius 1 is 1.55 bits per heavy atom. The number of nitrogens with zero attached hydrogens (tertiary/aromatic N) is 1. The predicted molar refractivity (Wildman–Crippen MR) is 71.5 cm³/mol. The van der Waals surface area contributed by atoms with E-state index in [4.69, 9.17) is 10.1 Å². The van der Waals surface area contributed by atoms with E-state index in [1.165, 1.54) is 12.3 Å². The maximum atomic E-state index is 12.0. The second-order valence-corrected chi connectivity index (χ2v) is 4.13. The van der Waals surface area contributed by atoms with Crippen molar-refractivity contribution in [1.82, 2.24) is 4.98 Å². The van der Waals surface area contributed by atoms with Crippen LogP contribution < -0.4 is 5.32 Å². The summed E-state index contributed by atoms with van der Waals surface area (Å²) in [6, 6.07) is 1.37. The molecule has 0 saturated heterocycles. The van der Waals surface area contributed by atoms with Crippen LogP contribution >= 0.6 is 0 Å². The van der Waals surface area contributed by atoms with Crippen molar-refractivity contribution >= 4 is 17.9 Å². The van der Waals surface area contributed by atoms with Gasteiger partial charge in [0, 0.05) is 36.3 Å². The first-order valence-electron chi connectivity index (χ1n) is 5.90. The van der Waals surface area contributed by atoms with Gasteiger partial charge in [0.2, 0.25) is 0 Å². The molecule has 0 aliphatic carbocycles. The Kier molecular flexibility index (Phi) is 5.76. The molecule has 1 aromatic rings. The summed E-state index contributed by atoms with van der Waals surface area (Å²) in [5, 5.41) is 9.90. The Labute approximate surface area is 115 Å². The maximum absolute atomic E-state index is 12.0. The van der Waals surface area contributed by atoms with E-state index in [9.17, 15) is 13.6 Å². The highest BCUT2D eigenvalue weighted by molar-refractivity contribution is 5.92. The van der Waals surface area contributed by atoms with Gasteiger partial charge in [-0.15, -0.1) is 0 Å². The fourth-order valence-corrected chi connectivity index (χ4v) is 1.36. The summed E-state index contributed by atoms with van der Waals surface area (Å²) < 4.78 is 28.9. The second kappa shape index (κ2) is 7.32. The van der Waals surface area contributed by atoms with Crippen molar-refractivity contribution in [3.63, 3.8) is 0 Å². The van der Waals surface area contributed by atoms with Gasteiger partial charge in [0.1, 0.15) is 5.69 Å². The molecule has 108 valence electrons. The van der Waals surface area contributed by atoms with Crippen molar-refractivity contribution in [2.24, 2.45) is 0 Å². The molecule has 0 amide bonds. The number of pyridine rings is 1. The monoisotopic (exact) mass is 283 g/mol. The van der Waals surface area contributed by atoms with Crippen LogP contribution in [0.2, 0.25) is 0 Å². The van der Waals surface area contributed by atoms with Gasteiger partial charge >= 0.3 is 5.97 Å². The molecular weight excluding hydrogens is 268 g/mol. The van der Waals surface area contributed by atoms with Crippen molar-refractivity contribution in [1.29, 1.82) is 5.41 Å². The molecule has 0 spiro atoms. The Morgan fingerprint density at radius 2 is 2.25 bits per heavy atom. The molecule has 20 heavy (non-hydrogen) atoms. The summed E-state index contributed by atoms with van der Waals surface area (Å²) in [7, 11) is 0. The van der Waals surface area contributed by atoms with E-state index in [1.54, 1.807) is 13.8 Å². The van der Waals surface area contributed by atoms with Crippen molar-refractivity contribution in [2.45, 2.75) is 20.0 Å². The Morgan fingerprint density at radius 3 is 2.80 bits per heavy atom. The minimum atomic E-state index is -1.80. The third kappa shape index (κ3) is 4.75. The van der Waals surface area contributed by atoms with Gasteiger partial charge in [-0.1, -0.05) is 0 Å². The molecule has 7 heteroatoms. The average Bonchev–Trinajstić information content (AvgIpc) is 2.37. The number of rotatable bonds is 6. The molecule has 0 atom stereocenters. The van der Waals surface area contributed by atoms with Crippen LogP contribution in [0.25, 0.3) is 0 Å². The Hall–Kier alpha value is -2.31.